The third-order valence-electron chi connectivity index (χ3n) is 3.44. The number of nitrogens with zero attached hydrogens (tertiary/aromatic N) is 2. The summed E-state index contributed by atoms with van der Waals surface area (Å²) in [5.41, 5.74) is 1.39. The second-order valence-electron chi connectivity index (χ2n) is 5.46. The lowest BCUT2D eigenvalue weighted by Gasteiger charge is -2.18. The van der Waals surface area contributed by atoms with Crippen molar-refractivity contribution in [3.63, 3.8) is 0 Å². The van der Waals surface area contributed by atoms with Gasteiger partial charge in [0.05, 0.1) is 23.1 Å². The normalized spacial score (nSPS) is 12.0. The molecule has 1 amide bonds. The number of carboxylic acid groups (broad SMARTS) is 1. The third kappa shape index (κ3) is 4.69. The molecule has 0 saturated heterocycles. The van der Waals surface area contributed by atoms with Crippen LogP contribution in [0.15, 0.2) is 23.6 Å². The van der Waals surface area contributed by atoms with Crippen molar-refractivity contribution in [1.82, 2.24) is 9.88 Å². The van der Waals surface area contributed by atoms with Gasteiger partial charge in [0.1, 0.15) is 5.01 Å². The van der Waals surface area contributed by atoms with Crippen LogP contribution in [0.25, 0.3) is 10.6 Å². The molecule has 5 nitrogen and oxygen atoms in total. The summed E-state index contributed by atoms with van der Waals surface area (Å²) in [5, 5.41) is 12.5. The number of aromatic nitrogens is 1. The number of likely N-dealkylation sites (N-methyl/N-ethyl adjacent to an activating group) is 1. The van der Waals surface area contributed by atoms with Crippen LogP contribution in [0.1, 0.15) is 12.6 Å². The molecule has 1 unspecified atom stereocenters. The average Bonchev–Trinajstić information content (AvgIpc) is 2.95. The largest absolute Gasteiger partial charge is 0.481 e. The van der Waals surface area contributed by atoms with Gasteiger partial charge in [0.15, 0.2) is 0 Å². The maximum absolute atomic E-state index is 12.2. The highest BCUT2D eigenvalue weighted by Gasteiger charge is 2.19. The zero-order valence-electron chi connectivity index (χ0n) is 13.1. The number of thiazole rings is 1. The SMILES string of the molecule is CC(CN(C)C(=O)Cc1csc(-c2ccc(Cl)cc2Cl)n1)C(=O)O. The molecule has 0 aliphatic carbocycles. The number of amides is 1. The van der Waals surface area contributed by atoms with Crippen molar-refractivity contribution in [2.75, 3.05) is 13.6 Å². The van der Waals surface area contributed by atoms with Crippen molar-refractivity contribution >= 4 is 46.4 Å². The lowest BCUT2D eigenvalue weighted by atomic mass is 10.1. The maximum atomic E-state index is 12.2. The molecule has 1 aromatic heterocycles. The predicted molar refractivity (Wildman–Crippen MR) is 95.7 cm³/mol. The van der Waals surface area contributed by atoms with E-state index in [9.17, 15) is 9.59 Å². The van der Waals surface area contributed by atoms with Crippen LogP contribution in [0.5, 0.6) is 0 Å². The maximum Gasteiger partial charge on any atom is 0.308 e. The molecule has 24 heavy (non-hydrogen) atoms. The summed E-state index contributed by atoms with van der Waals surface area (Å²) in [6.07, 6.45) is 0.116. The lowest BCUT2D eigenvalue weighted by Crippen LogP contribution is -2.34. The Morgan fingerprint density at radius 3 is 2.71 bits per heavy atom. The number of carbonyl (C=O) groups is 2. The predicted octanol–water partition coefficient (Wildman–Crippen LogP) is 3.84. The van der Waals surface area contributed by atoms with E-state index < -0.39 is 11.9 Å². The molecule has 2 aromatic rings. The third-order valence-corrected chi connectivity index (χ3v) is 4.91. The van der Waals surface area contributed by atoms with Gasteiger partial charge < -0.3 is 10.0 Å². The fourth-order valence-corrected chi connectivity index (χ4v) is 3.47. The van der Waals surface area contributed by atoms with Gasteiger partial charge in [0.2, 0.25) is 5.91 Å². The fourth-order valence-electron chi connectivity index (χ4n) is 2.06. The molecule has 1 N–H and O–H groups in total. The van der Waals surface area contributed by atoms with Crippen LogP contribution in [-0.2, 0) is 16.0 Å². The summed E-state index contributed by atoms with van der Waals surface area (Å²) < 4.78 is 0. The van der Waals surface area contributed by atoms with Gasteiger partial charge in [-0.3, -0.25) is 9.59 Å². The number of carbonyl (C=O) groups excluding carboxylic acids is 1. The summed E-state index contributed by atoms with van der Waals surface area (Å²) >= 11 is 13.4. The molecule has 0 saturated carbocycles. The van der Waals surface area contributed by atoms with Crippen molar-refractivity contribution in [1.29, 1.82) is 0 Å². The number of benzene rings is 1. The Balaban J connectivity index is 2.05. The standard InChI is InChI=1S/C16H16Cl2N2O3S/c1-9(16(22)23)7-20(2)14(21)6-11-8-24-15(19-11)12-4-3-10(17)5-13(12)18/h3-5,8-9H,6-7H2,1-2H3,(H,22,23). The van der Waals surface area contributed by atoms with Crippen LogP contribution in [0.4, 0.5) is 0 Å². The minimum absolute atomic E-state index is 0.116. The van der Waals surface area contributed by atoms with Gasteiger partial charge in [0.25, 0.3) is 0 Å². The van der Waals surface area contributed by atoms with Crippen LogP contribution >= 0.6 is 34.5 Å². The molecular weight excluding hydrogens is 371 g/mol. The second kappa shape index (κ2) is 7.96. The number of halogens is 2. The molecule has 0 aliphatic heterocycles. The van der Waals surface area contributed by atoms with E-state index in [0.29, 0.717) is 20.7 Å². The molecule has 0 bridgehead atoms. The van der Waals surface area contributed by atoms with Crippen LogP contribution in [0.3, 0.4) is 0 Å². The summed E-state index contributed by atoms with van der Waals surface area (Å²) in [4.78, 5) is 28.9. The van der Waals surface area contributed by atoms with Crippen LogP contribution in [0, 0.1) is 5.92 Å². The monoisotopic (exact) mass is 386 g/mol. The number of carboxylic acids is 1. The van der Waals surface area contributed by atoms with E-state index in [0.717, 1.165) is 5.56 Å². The molecule has 2 rings (SSSR count). The number of hydrogen-bond donors (Lipinski definition) is 1. The van der Waals surface area contributed by atoms with E-state index in [-0.39, 0.29) is 18.9 Å². The van der Waals surface area contributed by atoms with Crippen LogP contribution in [-0.4, -0.2) is 40.5 Å². The minimum Gasteiger partial charge on any atom is -0.481 e. The number of hydrogen-bond acceptors (Lipinski definition) is 4. The first-order valence-corrected chi connectivity index (χ1v) is 8.78. The highest BCUT2D eigenvalue weighted by atomic mass is 35.5. The Kier molecular flexibility index (Phi) is 6.21. The van der Waals surface area contributed by atoms with Crippen molar-refractivity contribution in [3.8, 4) is 10.6 Å². The Hall–Kier alpha value is -1.63. The van der Waals surface area contributed by atoms with E-state index >= 15 is 0 Å². The highest BCUT2D eigenvalue weighted by Crippen LogP contribution is 2.32. The van der Waals surface area contributed by atoms with Gasteiger partial charge in [-0.2, -0.15) is 0 Å². The van der Waals surface area contributed by atoms with E-state index in [4.69, 9.17) is 28.3 Å². The van der Waals surface area contributed by atoms with E-state index in [1.165, 1.54) is 16.2 Å². The van der Waals surface area contributed by atoms with E-state index in [2.05, 4.69) is 4.98 Å². The van der Waals surface area contributed by atoms with Crippen molar-refractivity contribution < 1.29 is 14.7 Å². The molecule has 128 valence electrons. The topological polar surface area (TPSA) is 70.5 Å². The molecule has 1 atom stereocenters. The zero-order chi connectivity index (χ0) is 17.9. The summed E-state index contributed by atoms with van der Waals surface area (Å²) in [7, 11) is 1.59. The Morgan fingerprint density at radius 2 is 2.08 bits per heavy atom. The van der Waals surface area contributed by atoms with Gasteiger partial charge in [-0.05, 0) is 18.2 Å². The van der Waals surface area contributed by atoms with Gasteiger partial charge in [-0.1, -0.05) is 30.1 Å². The fraction of sp³-hybridized carbons (Fsp3) is 0.312. The zero-order valence-corrected chi connectivity index (χ0v) is 15.5. The average molecular weight is 387 g/mol. The van der Waals surface area contributed by atoms with Crippen molar-refractivity contribution in [2.24, 2.45) is 5.92 Å². The van der Waals surface area contributed by atoms with Gasteiger partial charge in [-0.15, -0.1) is 11.3 Å². The number of rotatable bonds is 6. The van der Waals surface area contributed by atoms with E-state index in [1.54, 1.807) is 37.6 Å². The first-order chi connectivity index (χ1) is 11.3. The molecule has 1 aromatic carbocycles. The number of aliphatic carboxylic acids is 1. The quantitative estimate of drug-likeness (QED) is 0.818. The van der Waals surface area contributed by atoms with Crippen molar-refractivity contribution in [2.45, 2.75) is 13.3 Å². The first-order valence-electron chi connectivity index (χ1n) is 7.14. The van der Waals surface area contributed by atoms with Gasteiger partial charge in [-0.25, -0.2) is 4.98 Å². The minimum atomic E-state index is -0.928. The summed E-state index contributed by atoms with van der Waals surface area (Å²) in [5.74, 6) is -1.72. The lowest BCUT2D eigenvalue weighted by molar-refractivity contribution is -0.142. The first kappa shape index (κ1) is 18.7. The second-order valence-corrected chi connectivity index (χ2v) is 7.16. The molecule has 0 spiro atoms. The van der Waals surface area contributed by atoms with Crippen LogP contribution in [0.2, 0.25) is 10.0 Å². The van der Waals surface area contributed by atoms with Crippen molar-refractivity contribution in [3.05, 3.63) is 39.3 Å². The highest BCUT2D eigenvalue weighted by molar-refractivity contribution is 7.13. The smallest absolute Gasteiger partial charge is 0.308 e. The summed E-state index contributed by atoms with van der Waals surface area (Å²) in [6.45, 7) is 1.73. The van der Waals surface area contributed by atoms with Gasteiger partial charge in [0, 0.05) is 29.6 Å². The molecule has 8 heteroatoms. The van der Waals surface area contributed by atoms with Crippen LogP contribution < -0.4 is 0 Å². The molecule has 0 radical (unpaired) electrons. The molecule has 0 aliphatic rings. The van der Waals surface area contributed by atoms with Gasteiger partial charge >= 0.3 is 5.97 Å². The Bertz CT molecular complexity index is 764. The molecular formula is C16H16Cl2N2O3S. The Morgan fingerprint density at radius 1 is 1.38 bits per heavy atom. The molecule has 0 fully saturated rings. The molecule has 1 heterocycles. The van der Waals surface area contributed by atoms with E-state index in [1.807, 2.05) is 0 Å². The summed E-state index contributed by atoms with van der Waals surface area (Å²) in [6, 6.07) is 5.16. The Labute approximate surface area is 153 Å².